The fourth-order valence-corrected chi connectivity index (χ4v) is 5.60. The number of fused-ring (bicyclic) bond motifs is 2. The average Bonchev–Trinajstić information content (AvgIpc) is 3.18. The second-order valence-electron chi connectivity index (χ2n) is 13.7. The van der Waals surface area contributed by atoms with Crippen molar-refractivity contribution in [1.82, 2.24) is 21.3 Å². The van der Waals surface area contributed by atoms with Gasteiger partial charge in [0.15, 0.2) is 0 Å². The van der Waals surface area contributed by atoms with Crippen molar-refractivity contribution in [3.63, 3.8) is 0 Å². The summed E-state index contributed by atoms with van der Waals surface area (Å²) in [4.78, 5) is 86.5. The molecular formula is C41H46N6O11. The van der Waals surface area contributed by atoms with Gasteiger partial charge in [0.1, 0.15) is 35.0 Å². The number of carboxylic acids is 1. The van der Waals surface area contributed by atoms with Gasteiger partial charge >= 0.3 is 17.2 Å². The lowest BCUT2D eigenvalue weighted by atomic mass is 10.0. The number of rotatable bonds is 15. The number of phenolic OH excluding ortho intramolecular Hbond substituents is 1. The van der Waals surface area contributed by atoms with Crippen LogP contribution in [0.2, 0.25) is 0 Å². The Morgan fingerprint density at radius 1 is 0.707 bits per heavy atom. The van der Waals surface area contributed by atoms with Gasteiger partial charge in [0, 0.05) is 17.3 Å². The zero-order valence-electron chi connectivity index (χ0n) is 32.0. The predicted octanol–water partition coefficient (Wildman–Crippen LogP) is 1.54. The van der Waals surface area contributed by atoms with Gasteiger partial charge in [0.2, 0.25) is 23.6 Å². The van der Waals surface area contributed by atoms with Crippen molar-refractivity contribution in [1.29, 1.82) is 0 Å². The minimum atomic E-state index is -1.53. The molecule has 4 amide bonds. The number of hydrogen-bond donors (Lipinski definition) is 8. The summed E-state index contributed by atoms with van der Waals surface area (Å²) < 4.78 is 10.3. The van der Waals surface area contributed by atoms with Crippen LogP contribution in [-0.4, -0.2) is 64.0 Å². The Morgan fingerprint density at radius 3 is 1.81 bits per heavy atom. The summed E-state index contributed by atoms with van der Waals surface area (Å²) in [6, 6.07) is 18.8. The van der Waals surface area contributed by atoms with Crippen LogP contribution in [0.25, 0.3) is 21.9 Å². The van der Waals surface area contributed by atoms with Crippen molar-refractivity contribution in [2.45, 2.75) is 70.9 Å². The quantitative estimate of drug-likeness (QED) is 0.0699. The van der Waals surface area contributed by atoms with Gasteiger partial charge in [-0.25, -0.2) is 9.59 Å². The lowest BCUT2D eigenvalue weighted by Gasteiger charge is -2.26. The number of carboxylic acid groups (broad SMARTS) is 1. The third-order valence-corrected chi connectivity index (χ3v) is 8.84. The highest BCUT2D eigenvalue weighted by molar-refractivity contribution is 5.95. The second kappa shape index (κ2) is 20.4. The number of para-hydroxylation sites is 2. The Morgan fingerprint density at radius 2 is 1.26 bits per heavy atom. The fourth-order valence-electron chi connectivity index (χ4n) is 5.60. The van der Waals surface area contributed by atoms with Gasteiger partial charge in [-0.05, 0) is 61.2 Å². The number of amides is 4. The van der Waals surface area contributed by atoms with E-state index in [1.54, 1.807) is 62.4 Å². The maximum Gasteiger partial charge on any atom is 0.341 e. The third-order valence-electron chi connectivity index (χ3n) is 8.84. The van der Waals surface area contributed by atoms with Gasteiger partial charge in [-0.15, -0.1) is 0 Å². The zero-order valence-corrected chi connectivity index (χ0v) is 32.0. The Balaban J connectivity index is 0.000000479. The SMILES string of the molecule is CC(C)[C@H](NC(=O)[C@@H](N)Cc1ccc(O)cc1)C(=O)N[C@@H](C)C(=O)N[C@@H](CC(=O)O)C(=O)NCc1cc2ccccc2oc1=O.NCc1cc2ccccc2oc1=O. The van der Waals surface area contributed by atoms with Gasteiger partial charge in [0.05, 0.1) is 30.1 Å². The summed E-state index contributed by atoms with van der Waals surface area (Å²) in [7, 11) is 0. The van der Waals surface area contributed by atoms with Gasteiger partial charge < -0.3 is 51.8 Å². The van der Waals surface area contributed by atoms with E-state index >= 15 is 0 Å². The third kappa shape index (κ3) is 12.3. The van der Waals surface area contributed by atoms with Crippen molar-refractivity contribution >= 4 is 51.5 Å². The number of carbonyl (C=O) groups excluding carboxylic acids is 4. The van der Waals surface area contributed by atoms with E-state index in [-0.39, 0.29) is 36.4 Å². The van der Waals surface area contributed by atoms with E-state index in [2.05, 4.69) is 21.3 Å². The van der Waals surface area contributed by atoms with Crippen molar-refractivity contribution in [2.75, 3.05) is 0 Å². The Kier molecular flexibility index (Phi) is 15.4. The van der Waals surface area contributed by atoms with E-state index in [1.807, 2.05) is 18.2 Å². The summed E-state index contributed by atoms with van der Waals surface area (Å²) >= 11 is 0. The van der Waals surface area contributed by atoms with Crippen LogP contribution in [-0.2, 0) is 43.5 Å². The van der Waals surface area contributed by atoms with Crippen molar-refractivity contribution in [3.8, 4) is 5.75 Å². The van der Waals surface area contributed by atoms with Crippen LogP contribution in [0.5, 0.6) is 5.75 Å². The molecule has 17 heteroatoms. The molecule has 0 aliphatic carbocycles. The predicted molar refractivity (Wildman–Crippen MR) is 213 cm³/mol. The van der Waals surface area contributed by atoms with E-state index in [4.69, 9.17) is 20.3 Å². The zero-order chi connectivity index (χ0) is 42.5. The van der Waals surface area contributed by atoms with Crippen LogP contribution in [0.4, 0.5) is 0 Å². The van der Waals surface area contributed by atoms with E-state index in [1.165, 1.54) is 25.1 Å². The normalized spacial score (nSPS) is 13.0. The van der Waals surface area contributed by atoms with Crippen LogP contribution in [0.1, 0.15) is 43.9 Å². The minimum absolute atomic E-state index is 0.0663. The lowest BCUT2D eigenvalue weighted by molar-refractivity contribution is -0.141. The maximum absolute atomic E-state index is 13.0. The Hall–Kier alpha value is -6.85. The molecule has 0 radical (unpaired) electrons. The number of nitrogens with one attached hydrogen (secondary N) is 4. The number of hydrogen-bond acceptors (Lipinski definition) is 12. The molecule has 306 valence electrons. The van der Waals surface area contributed by atoms with Crippen LogP contribution >= 0.6 is 0 Å². The molecule has 2 aromatic heterocycles. The first-order valence-corrected chi connectivity index (χ1v) is 18.2. The topological polar surface area (TPSA) is 286 Å². The molecule has 0 bridgehead atoms. The van der Waals surface area contributed by atoms with Gasteiger partial charge in [0.25, 0.3) is 0 Å². The number of carbonyl (C=O) groups is 5. The molecule has 17 nitrogen and oxygen atoms in total. The smallest absolute Gasteiger partial charge is 0.341 e. The van der Waals surface area contributed by atoms with Crippen molar-refractivity contribution in [3.05, 3.63) is 122 Å². The molecular weight excluding hydrogens is 752 g/mol. The molecule has 58 heavy (non-hydrogen) atoms. The van der Waals surface area contributed by atoms with Crippen LogP contribution in [0, 0.1) is 5.92 Å². The van der Waals surface area contributed by atoms with Crippen LogP contribution < -0.4 is 44.0 Å². The molecule has 10 N–H and O–H groups in total. The molecule has 0 spiro atoms. The van der Waals surface area contributed by atoms with E-state index in [9.17, 15) is 43.8 Å². The van der Waals surface area contributed by atoms with E-state index in [0.29, 0.717) is 27.7 Å². The lowest BCUT2D eigenvalue weighted by Crippen LogP contribution is -2.58. The maximum atomic E-state index is 13.0. The molecule has 0 fully saturated rings. The molecule has 0 aliphatic rings. The van der Waals surface area contributed by atoms with Crippen molar-refractivity contribution in [2.24, 2.45) is 17.4 Å². The molecule has 5 rings (SSSR count). The van der Waals surface area contributed by atoms with Crippen molar-refractivity contribution < 1.29 is 43.0 Å². The molecule has 4 atom stereocenters. The summed E-state index contributed by atoms with van der Waals surface area (Å²) in [5.74, 6) is -4.73. The number of phenols is 1. The Labute approximate surface area is 331 Å². The highest BCUT2D eigenvalue weighted by atomic mass is 16.4. The highest BCUT2D eigenvalue weighted by Crippen LogP contribution is 2.14. The minimum Gasteiger partial charge on any atom is -0.508 e. The Bertz CT molecular complexity index is 2380. The first-order valence-electron chi connectivity index (χ1n) is 18.2. The number of aromatic hydroxyl groups is 1. The van der Waals surface area contributed by atoms with Gasteiger partial charge in [-0.1, -0.05) is 62.4 Å². The number of nitrogens with two attached hydrogens (primary N) is 2. The first-order chi connectivity index (χ1) is 27.6. The molecule has 0 saturated heterocycles. The standard InChI is InChI=1S/C31H37N5O9.C10H9NO2/c1-16(2)26(36-28(41)22(32)12-18-8-10-21(37)11-9-18)30(43)34-17(3)27(40)35-23(14-25(38)39)29(42)33-15-20-13-19-6-4-5-7-24(19)45-31(20)44;11-6-8-5-7-3-1-2-4-9(7)13-10(8)12/h4-11,13,16-17,22-23,26,37H,12,14-15,32H2,1-3H3,(H,33,42)(H,34,43)(H,35,40)(H,36,41)(H,38,39);1-5H,6,11H2/t17-,22-,23-,26-;/m0./s1. The molecule has 5 aromatic rings. The summed E-state index contributed by atoms with van der Waals surface area (Å²) in [6.45, 7) is 4.63. The molecule has 3 aromatic carbocycles. The summed E-state index contributed by atoms with van der Waals surface area (Å²) in [6.07, 6.45) is -0.621. The molecule has 0 unspecified atom stereocenters. The summed E-state index contributed by atoms with van der Waals surface area (Å²) in [5, 5.41) is 30.1. The summed E-state index contributed by atoms with van der Waals surface area (Å²) in [5.41, 5.74) is 12.7. The van der Waals surface area contributed by atoms with Gasteiger partial charge in [-0.2, -0.15) is 0 Å². The first kappa shape index (κ1) is 43.9. The fraction of sp³-hybridized carbons (Fsp3) is 0.293. The van der Waals surface area contributed by atoms with Gasteiger partial charge in [-0.3, -0.25) is 24.0 Å². The number of aliphatic carboxylic acids is 1. The van der Waals surface area contributed by atoms with E-state index < -0.39 is 71.7 Å². The van der Waals surface area contributed by atoms with E-state index in [0.717, 1.165) is 5.39 Å². The monoisotopic (exact) mass is 798 g/mol. The highest BCUT2D eigenvalue weighted by Gasteiger charge is 2.31. The molecule has 0 aliphatic heterocycles. The largest absolute Gasteiger partial charge is 0.508 e. The number of benzene rings is 3. The second-order valence-corrected chi connectivity index (χ2v) is 13.7. The molecule has 2 heterocycles. The van der Waals surface area contributed by atoms with Crippen LogP contribution in [0.15, 0.2) is 103 Å². The molecule has 0 saturated carbocycles. The average molecular weight is 799 g/mol. The van der Waals surface area contributed by atoms with Crippen LogP contribution in [0.3, 0.4) is 0 Å².